The third-order valence-corrected chi connectivity index (χ3v) is 1.62. The third-order valence-electron chi connectivity index (χ3n) is 1.62. The van der Waals surface area contributed by atoms with Crippen LogP contribution in [-0.2, 0) is 4.84 Å². The Morgan fingerprint density at radius 2 is 1.85 bits per heavy atom. The molecule has 0 aliphatic heterocycles. The summed E-state index contributed by atoms with van der Waals surface area (Å²) >= 11 is 0. The third kappa shape index (κ3) is 3.92. The first-order valence-corrected chi connectivity index (χ1v) is 4.31. The van der Waals surface area contributed by atoms with E-state index in [0.29, 0.717) is 13.2 Å². The Kier molecular flexibility index (Phi) is 4.29. The Hall–Kier alpha value is -1.06. The summed E-state index contributed by atoms with van der Waals surface area (Å²) in [5, 5.41) is 0. The molecule has 1 aromatic rings. The van der Waals surface area contributed by atoms with Gasteiger partial charge in [-0.2, -0.15) is 0 Å². The topological polar surface area (TPSA) is 30.5 Å². The molecular weight excluding hydrogens is 166 g/mol. The van der Waals surface area contributed by atoms with Crippen molar-refractivity contribution in [1.82, 2.24) is 5.48 Å². The first kappa shape index (κ1) is 10.0. The highest BCUT2D eigenvalue weighted by Gasteiger charge is 1.91. The molecule has 0 aliphatic carbocycles. The summed E-state index contributed by atoms with van der Waals surface area (Å²) in [6.45, 7) is 3.15. The first-order valence-electron chi connectivity index (χ1n) is 4.31. The van der Waals surface area contributed by atoms with Crippen LogP contribution in [0, 0.1) is 6.92 Å². The maximum absolute atomic E-state index is 5.40. The second-order valence-corrected chi connectivity index (χ2v) is 2.71. The zero-order valence-electron chi connectivity index (χ0n) is 8.04. The Balaban J connectivity index is 2.25. The molecule has 72 valence electrons. The zero-order valence-corrected chi connectivity index (χ0v) is 8.04. The molecule has 0 aromatic heterocycles. The standard InChI is InChI=1S/C10H15NO2/c1-9-3-5-10(6-4-9)12-7-8-13-11-2/h3-6,11H,7-8H2,1-2H3. The molecule has 1 aromatic carbocycles. The fraction of sp³-hybridized carbons (Fsp3) is 0.400. The maximum Gasteiger partial charge on any atom is 0.119 e. The predicted octanol–water partition coefficient (Wildman–Crippen LogP) is 1.52. The SMILES string of the molecule is CNOCCOc1ccc(C)cc1. The maximum atomic E-state index is 5.40. The second kappa shape index (κ2) is 5.56. The molecule has 0 atom stereocenters. The molecule has 0 bridgehead atoms. The van der Waals surface area contributed by atoms with Gasteiger partial charge in [-0.15, -0.1) is 0 Å². The Morgan fingerprint density at radius 3 is 2.46 bits per heavy atom. The van der Waals surface area contributed by atoms with Crippen LogP contribution in [0.4, 0.5) is 0 Å². The van der Waals surface area contributed by atoms with E-state index < -0.39 is 0 Å². The van der Waals surface area contributed by atoms with Crippen molar-refractivity contribution in [2.24, 2.45) is 0 Å². The molecule has 0 saturated carbocycles. The van der Waals surface area contributed by atoms with Crippen LogP contribution >= 0.6 is 0 Å². The van der Waals surface area contributed by atoms with Crippen molar-refractivity contribution in [3.63, 3.8) is 0 Å². The van der Waals surface area contributed by atoms with Gasteiger partial charge in [-0.25, -0.2) is 5.48 Å². The van der Waals surface area contributed by atoms with E-state index >= 15 is 0 Å². The molecular formula is C10H15NO2. The number of benzene rings is 1. The van der Waals surface area contributed by atoms with Crippen molar-refractivity contribution in [2.75, 3.05) is 20.3 Å². The van der Waals surface area contributed by atoms with Gasteiger partial charge in [0.05, 0.1) is 0 Å². The lowest BCUT2D eigenvalue weighted by Crippen LogP contribution is -2.14. The van der Waals surface area contributed by atoms with E-state index in [4.69, 9.17) is 9.57 Å². The smallest absolute Gasteiger partial charge is 0.119 e. The van der Waals surface area contributed by atoms with Gasteiger partial charge in [0.2, 0.25) is 0 Å². The molecule has 1 rings (SSSR count). The average Bonchev–Trinajstić information content (AvgIpc) is 2.15. The zero-order chi connectivity index (χ0) is 9.52. The summed E-state index contributed by atoms with van der Waals surface area (Å²) in [6.07, 6.45) is 0. The minimum Gasteiger partial charge on any atom is -0.491 e. The van der Waals surface area contributed by atoms with Gasteiger partial charge in [0.25, 0.3) is 0 Å². The number of hydroxylamine groups is 1. The minimum atomic E-state index is 0.546. The number of hydrogen-bond acceptors (Lipinski definition) is 3. The van der Waals surface area contributed by atoms with Gasteiger partial charge in [-0.1, -0.05) is 17.7 Å². The summed E-state index contributed by atoms with van der Waals surface area (Å²) in [5.41, 5.74) is 3.82. The molecule has 0 unspecified atom stereocenters. The van der Waals surface area contributed by atoms with Crippen LogP contribution in [0.25, 0.3) is 0 Å². The van der Waals surface area contributed by atoms with Gasteiger partial charge in [0.15, 0.2) is 0 Å². The number of aryl methyl sites for hydroxylation is 1. The van der Waals surface area contributed by atoms with E-state index in [-0.39, 0.29) is 0 Å². The fourth-order valence-electron chi connectivity index (χ4n) is 0.938. The van der Waals surface area contributed by atoms with Crippen molar-refractivity contribution in [1.29, 1.82) is 0 Å². The Bertz CT molecular complexity index is 233. The highest BCUT2D eigenvalue weighted by Crippen LogP contribution is 2.10. The van der Waals surface area contributed by atoms with Crippen molar-refractivity contribution < 1.29 is 9.57 Å². The molecule has 0 radical (unpaired) electrons. The van der Waals surface area contributed by atoms with Crippen molar-refractivity contribution in [3.8, 4) is 5.75 Å². The fourth-order valence-corrected chi connectivity index (χ4v) is 0.938. The van der Waals surface area contributed by atoms with E-state index in [0.717, 1.165) is 5.75 Å². The van der Waals surface area contributed by atoms with Crippen LogP contribution in [0.5, 0.6) is 5.75 Å². The van der Waals surface area contributed by atoms with Gasteiger partial charge in [-0.05, 0) is 19.1 Å². The van der Waals surface area contributed by atoms with Gasteiger partial charge >= 0.3 is 0 Å². The van der Waals surface area contributed by atoms with Crippen LogP contribution in [-0.4, -0.2) is 20.3 Å². The average molecular weight is 181 g/mol. The van der Waals surface area contributed by atoms with Crippen LogP contribution in [0.1, 0.15) is 5.56 Å². The number of ether oxygens (including phenoxy) is 1. The molecule has 13 heavy (non-hydrogen) atoms. The first-order chi connectivity index (χ1) is 6.33. The van der Waals surface area contributed by atoms with E-state index in [9.17, 15) is 0 Å². The number of rotatable bonds is 5. The lowest BCUT2D eigenvalue weighted by Gasteiger charge is -2.05. The predicted molar refractivity (Wildman–Crippen MR) is 51.7 cm³/mol. The van der Waals surface area contributed by atoms with Gasteiger partial charge in [0.1, 0.15) is 19.0 Å². The minimum absolute atomic E-state index is 0.546. The molecule has 0 amide bonds. The molecule has 0 fully saturated rings. The second-order valence-electron chi connectivity index (χ2n) is 2.71. The Morgan fingerprint density at radius 1 is 1.15 bits per heavy atom. The number of nitrogens with one attached hydrogen (secondary N) is 1. The van der Waals surface area contributed by atoms with Gasteiger partial charge in [-0.3, -0.25) is 4.84 Å². The largest absolute Gasteiger partial charge is 0.491 e. The van der Waals surface area contributed by atoms with Crippen molar-refractivity contribution >= 4 is 0 Å². The van der Waals surface area contributed by atoms with Crippen molar-refractivity contribution in [2.45, 2.75) is 6.92 Å². The lowest BCUT2D eigenvalue weighted by atomic mass is 10.2. The number of hydrogen-bond donors (Lipinski definition) is 1. The van der Waals surface area contributed by atoms with Crippen molar-refractivity contribution in [3.05, 3.63) is 29.8 Å². The molecule has 1 N–H and O–H groups in total. The Labute approximate surface area is 78.6 Å². The summed E-state index contributed by atoms with van der Waals surface area (Å²) < 4.78 is 5.40. The summed E-state index contributed by atoms with van der Waals surface area (Å²) in [4.78, 5) is 4.90. The normalized spacial score (nSPS) is 10.0. The lowest BCUT2D eigenvalue weighted by molar-refractivity contribution is 0.0367. The molecule has 0 heterocycles. The molecule has 0 aliphatic rings. The molecule has 0 spiro atoms. The van der Waals surface area contributed by atoms with Crippen LogP contribution < -0.4 is 10.2 Å². The van der Waals surface area contributed by atoms with E-state index in [1.54, 1.807) is 7.05 Å². The van der Waals surface area contributed by atoms with E-state index in [2.05, 4.69) is 5.48 Å². The summed E-state index contributed by atoms with van der Waals surface area (Å²) in [6, 6.07) is 7.95. The van der Waals surface area contributed by atoms with E-state index in [1.807, 2.05) is 31.2 Å². The van der Waals surface area contributed by atoms with Gasteiger partial charge < -0.3 is 4.74 Å². The highest BCUT2D eigenvalue weighted by atomic mass is 16.7. The van der Waals surface area contributed by atoms with Gasteiger partial charge in [0, 0.05) is 7.05 Å². The molecule has 3 heteroatoms. The van der Waals surface area contributed by atoms with Crippen LogP contribution in [0.15, 0.2) is 24.3 Å². The summed E-state index contributed by atoms with van der Waals surface area (Å²) in [7, 11) is 1.73. The highest BCUT2D eigenvalue weighted by molar-refractivity contribution is 5.26. The molecule has 0 saturated heterocycles. The van der Waals surface area contributed by atoms with E-state index in [1.165, 1.54) is 5.56 Å². The summed E-state index contributed by atoms with van der Waals surface area (Å²) in [5.74, 6) is 0.880. The quantitative estimate of drug-likeness (QED) is 0.552. The monoisotopic (exact) mass is 181 g/mol. The molecule has 3 nitrogen and oxygen atoms in total. The van der Waals surface area contributed by atoms with Crippen LogP contribution in [0.3, 0.4) is 0 Å². The van der Waals surface area contributed by atoms with Crippen LogP contribution in [0.2, 0.25) is 0 Å².